The van der Waals surface area contributed by atoms with Crippen molar-refractivity contribution in [2.24, 2.45) is 10.9 Å². The number of oxime groups is 1. The SMILES string of the molecule is NC(=O)C1CC(Br)=NO1. The van der Waals surface area contributed by atoms with Crippen molar-refractivity contribution in [2.75, 3.05) is 0 Å². The molecule has 0 saturated heterocycles. The van der Waals surface area contributed by atoms with E-state index >= 15 is 0 Å². The molecule has 1 atom stereocenters. The van der Waals surface area contributed by atoms with Crippen LogP contribution in [0.3, 0.4) is 0 Å². The molecule has 0 aromatic carbocycles. The van der Waals surface area contributed by atoms with E-state index in [0.29, 0.717) is 11.0 Å². The molecule has 2 N–H and O–H groups in total. The fraction of sp³-hybridized carbons (Fsp3) is 0.500. The number of amides is 1. The van der Waals surface area contributed by atoms with Gasteiger partial charge in [0, 0.05) is 6.42 Å². The summed E-state index contributed by atoms with van der Waals surface area (Å²) in [6, 6.07) is 0. The Kier molecular flexibility index (Phi) is 1.70. The maximum Gasteiger partial charge on any atom is 0.261 e. The number of halogens is 1. The van der Waals surface area contributed by atoms with Gasteiger partial charge in [0.25, 0.3) is 5.91 Å². The van der Waals surface area contributed by atoms with Gasteiger partial charge in [-0.2, -0.15) is 0 Å². The molecule has 1 rings (SSSR count). The molecule has 1 aliphatic rings. The second-order valence-corrected chi connectivity index (χ2v) is 2.58. The van der Waals surface area contributed by atoms with Gasteiger partial charge in [0.2, 0.25) is 6.10 Å². The first-order valence-corrected chi connectivity index (χ1v) is 3.17. The minimum atomic E-state index is -0.570. The molecule has 0 spiro atoms. The summed E-state index contributed by atoms with van der Waals surface area (Å²) in [4.78, 5) is 14.9. The Balaban J connectivity index is 2.47. The summed E-state index contributed by atoms with van der Waals surface area (Å²) in [6.45, 7) is 0. The average molecular weight is 193 g/mol. The molecule has 0 aliphatic carbocycles. The largest absolute Gasteiger partial charge is 0.381 e. The highest BCUT2D eigenvalue weighted by Crippen LogP contribution is 2.12. The standard InChI is InChI=1S/C4H5BrN2O2/c5-3-1-2(4(6)8)9-7-3/h2H,1H2,(H2,6,8). The first kappa shape index (κ1) is 6.54. The molecule has 0 aromatic rings. The molecule has 1 unspecified atom stereocenters. The summed E-state index contributed by atoms with van der Waals surface area (Å²) in [5, 5.41) is 3.47. The highest BCUT2D eigenvalue weighted by atomic mass is 79.9. The maximum absolute atomic E-state index is 10.4. The lowest BCUT2D eigenvalue weighted by atomic mass is 10.3. The highest BCUT2D eigenvalue weighted by Gasteiger charge is 2.23. The van der Waals surface area contributed by atoms with Crippen molar-refractivity contribution in [3.8, 4) is 0 Å². The minimum Gasteiger partial charge on any atom is -0.381 e. The monoisotopic (exact) mass is 192 g/mol. The predicted molar refractivity (Wildman–Crippen MR) is 35.0 cm³/mol. The molecule has 0 fully saturated rings. The summed E-state index contributed by atoms with van der Waals surface area (Å²) in [6.07, 6.45) is -0.116. The molecule has 1 heterocycles. The van der Waals surface area contributed by atoms with E-state index in [9.17, 15) is 4.79 Å². The van der Waals surface area contributed by atoms with Crippen LogP contribution in [0.25, 0.3) is 0 Å². The number of nitrogens with zero attached hydrogens (tertiary/aromatic N) is 1. The van der Waals surface area contributed by atoms with Crippen molar-refractivity contribution in [2.45, 2.75) is 12.5 Å². The average Bonchev–Trinajstić information content (AvgIpc) is 2.14. The molecular formula is C4H5BrN2O2. The summed E-state index contributed by atoms with van der Waals surface area (Å²) in [5.41, 5.74) is 4.90. The second-order valence-electron chi connectivity index (χ2n) is 1.67. The van der Waals surface area contributed by atoms with Crippen molar-refractivity contribution in [3.63, 3.8) is 0 Å². The Labute approximate surface area is 60.2 Å². The molecule has 5 heteroatoms. The molecule has 1 aliphatic heterocycles. The van der Waals surface area contributed by atoms with E-state index in [1.165, 1.54) is 0 Å². The van der Waals surface area contributed by atoms with Crippen LogP contribution < -0.4 is 5.73 Å². The van der Waals surface area contributed by atoms with Crippen LogP contribution in [0.4, 0.5) is 0 Å². The third kappa shape index (κ3) is 1.41. The van der Waals surface area contributed by atoms with Crippen molar-refractivity contribution < 1.29 is 9.63 Å². The number of hydrogen-bond acceptors (Lipinski definition) is 3. The van der Waals surface area contributed by atoms with Crippen molar-refractivity contribution in [1.82, 2.24) is 0 Å². The molecule has 9 heavy (non-hydrogen) atoms. The molecule has 1 amide bonds. The third-order valence-electron chi connectivity index (χ3n) is 0.950. The van der Waals surface area contributed by atoms with Gasteiger partial charge in [-0.25, -0.2) is 0 Å². The Hall–Kier alpha value is -0.580. The lowest BCUT2D eigenvalue weighted by molar-refractivity contribution is -0.127. The topological polar surface area (TPSA) is 64.7 Å². The van der Waals surface area contributed by atoms with Gasteiger partial charge in [-0.15, -0.1) is 0 Å². The van der Waals surface area contributed by atoms with E-state index in [1.54, 1.807) is 0 Å². The first-order valence-electron chi connectivity index (χ1n) is 2.37. The van der Waals surface area contributed by atoms with Crippen LogP contribution >= 0.6 is 15.9 Å². The number of carbonyl (C=O) groups excluding carboxylic acids is 1. The normalized spacial score (nSPS) is 25.0. The second kappa shape index (κ2) is 2.34. The van der Waals surface area contributed by atoms with E-state index in [4.69, 9.17) is 5.73 Å². The third-order valence-corrected chi connectivity index (χ3v) is 1.42. The van der Waals surface area contributed by atoms with Crippen LogP contribution in [0.2, 0.25) is 0 Å². The molecule has 0 saturated carbocycles. The molecule has 0 radical (unpaired) electrons. The van der Waals surface area contributed by atoms with Crippen LogP contribution in [0, 0.1) is 0 Å². The summed E-state index contributed by atoms with van der Waals surface area (Å²) < 4.78 is 0.631. The van der Waals surface area contributed by atoms with Gasteiger partial charge in [-0.1, -0.05) is 5.16 Å². The van der Waals surface area contributed by atoms with Gasteiger partial charge < -0.3 is 10.6 Å². The van der Waals surface area contributed by atoms with Gasteiger partial charge in [-0.3, -0.25) is 4.79 Å². The van der Waals surface area contributed by atoms with Crippen LogP contribution in [0.1, 0.15) is 6.42 Å². The van der Waals surface area contributed by atoms with Crippen LogP contribution in [-0.2, 0) is 9.63 Å². The summed E-state index contributed by atoms with van der Waals surface area (Å²) in [7, 11) is 0. The van der Waals surface area contributed by atoms with Crippen LogP contribution in [0.15, 0.2) is 5.16 Å². The zero-order valence-corrected chi connectivity index (χ0v) is 6.09. The fourth-order valence-corrected chi connectivity index (χ4v) is 0.878. The number of nitrogens with two attached hydrogens (primary N) is 1. The number of carbonyl (C=O) groups is 1. The zero-order valence-electron chi connectivity index (χ0n) is 4.50. The highest BCUT2D eigenvalue weighted by molar-refractivity contribution is 9.18. The lowest BCUT2D eigenvalue weighted by Crippen LogP contribution is -2.27. The van der Waals surface area contributed by atoms with Crippen molar-refractivity contribution in [1.29, 1.82) is 0 Å². The molecule has 0 aromatic heterocycles. The maximum atomic E-state index is 10.4. The van der Waals surface area contributed by atoms with E-state index in [0.717, 1.165) is 0 Å². The van der Waals surface area contributed by atoms with Crippen LogP contribution in [-0.4, -0.2) is 16.6 Å². The Morgan fingerprint density at radius 2 is 2.67 bits per heavy atom. The number of hydrogen-bond donors (Lipinski definition) is 1. The van der Waals surface area contributed by atoms with Gasteiger partial charge in [0.1, 0.15) is 4.62 Å². The van der Waals surface area contributed by atoms with E-state index in [2.05, 4.69) is 25.9 Å². The Morgan fingerprint density at radius 1 is 2.00 bits per heavy atom. The first-order chi connectivity index (χ1) is 4.20. The zero-order chi connectivity index (χ0) is 6.85. The molecular weight excluding hydrogens is 188 g/mol. The summed E-state index contributed by atoms with van der Waals surface area (Å²) in [5.74, 6) is -0.479. The van der Waals surface area contributed by atoms with E-state index < -0.39 is 12.0 Å². The summed E-state index contributed by atoms with van der Waals surface area (Å²) >= 11 is 3.06. The minimum absolute atomic E-state index is 0.454. The molecule has 4 nitrogen and oxygen atoms in total. The quantitative estimate of drug-likeness (QED) is 0.635. The van der Waals surface area contributed by atoms with Crippen molar-refractivity contribution in [3.05, 3.63) is 0 Å². The smallest absolute Gasteiger partial charge is 0.261 e. The Morgan fingerprint density at radius 3 is 2.89 bits per heavy atom. The Bertz CT molecular complexity index is 168. The van der Waals surface area contributed by atoms with Gasteiger partial charge in [0.05, 0.1) is 0 Å². The van der Waals surface area contributed by atoms with E-state index in [1.807, 2.05) is 0 Å². The fourth-order valence-electron chi connectivity index (χ4n) is 0.501. The van der Waals surface area contributed by atoms with E-state index in [-0.39, 0.29) is 0 Å². The molecule has 50 valence electrons. The number of rotatable bonds is 1. The van der Waals surface area contributed by atoms with Gasteiger partial charge in [-0.05, 0) is 15.9 Å². The van der Waals surface area contributed by atoms with Crippen LogP contribution in [0.5, 0.6) is 0 Å². The number of primary amides is 1. The van der Waals surface area contributed by atoms with Crippen molar-refractivity contribution >= 4 is 26.5 Å². The van der Waals surface area contributed by atoms with Gasteiger partial charge in [0.15, 0.2) is 0 Å². The molecule has 0 bridgehead atoms. The van der Waals surface area contributed by atoms with Gasteiger partial charge >= 0.3 is 0 Å². The predicted octanol–water partition coefficient (Wildman–Crippen LogP) is -0.0310. The lowest BCUT2D eigenvalue weighted by Gasteiger charge is -1.98.